The molecule has 0 bridgehead atoms. The number of carbonyl (C=O) groups excluding carboxylic acids is 1. The smallest absolute Gasteiger partial charge is 0.412 e. The average Bonchev–Trinajstić information content (AvgIpc) is 3.45. The first kappa shape index (κ1) is 26.1. The number of ether oxygens (including phenoxy) is 2. The van der Waals surface area contributed by atoms with Gasteiger partial charge in [0.15, 0.2) is 0 Å². The molecule has 0 radical (unpaired) electrons. The van der Waals surface area contributed by atoms with E-state index >= 15 is 0 Å². The van der Waals surface area contributed by atoms with Crippen LogP contribution in [-0.4, -0.2) is 45.9 Å². The minimum absolute atomic E-state index is 0.0665. The van der Waals surface area contributed by atoms with E-state index < -0.39 is 17.7 Å². The summed E-state index contributed by atoms with van der Waals surface area (Å²) in [6.07, 6.45) is 0.311. The minimum atomic E-state index is -0.749. The summed E-state index contributed by atoms with van der Waals surface area (Å²) in [5.41, 5.74) is 2.19. The normalized spacial score (nSPS) is 24.9. The highest BCUT2D eigenvalue weighted by Gasteiger charge is 2.51. The Balaban J connectivity index is 1.47. The molecule has 4 atom stereocenters. The van der Waals surface area contributed by atoms with Crippen LogP contribution in [0.25, 0.3) is 0 Å². The molecule has 5 heteroatoms. The maximum atomic E-state index is 13.7. The van der Waals surface area contributed by atoms with Crippen molar-refractivity contribution in [2.24, 2.45) is 5.92 Å². The van der Waals surface area contributed by atoms with E-state index in [1.165, 1.54) is 11.1 Å². The number of nitrogens with zero attached hydrogens (tertiary/aromatic N) is 2. The molecular formula is C34H42N2O3. The van der Waals surface area contributed by atoms with Gasteiger partial charge in [-0.25, -0.2) is 4.79 Å². The number of amides is 1. The Morgan fingerprint density at radius 2 is 1.38 bits per heavy atom. The first-order chi connectivity index (χ1) is 19.2. The second-order valence-corrected chi connectivity index (χ2v) is 12.0. The second kappa shape index (κ2) is 11.5. The summed E-state index contributed by atoms with van der Waals surface area (Å²) < 4.78 is 21.8. The van der Waals surface area contributed by atoms with Gasteiger partial charge in [-0.3, -0.25) is 9.80 Å². The zero-order valence-electron chi connectivity index (χ0n) is 24.6. The number of carbonyl (C=O) groups is 1. The Labute approximate surface area is 235 Å². The molecule has 2 fully saturated rings. The fraction of sp³-hybridized carbons (Fsp3) is 0.441. The Bertz CT molecular complexity index is 1190. The molecule has 5 rings (SSSR count). The van der Waals surface area contributed by atoms with Gasteiger partial charge in [-0.2, -0.15) is 0 Å². The van der Waals surface area contributed by atoms with Crippen LogP contribution in [0.1, 0.15) is 58.6 Å². The maximum Gasteiger partial charge on any atom is 0.412 e. The highest BCUT2D eigenvalue weighted by atomic mass is 16.6. The lowest BCUT2D eigenvalue weighted by atomic mass is 9.91. The van der Waals surface area contributed by atoms with Crippen molar-refractivity contribution in [2.75, 3.05) is 6.61 Å². The van der Waals surface area contributed by atoms with Crippen molar-refractivity contribution in [3.05, 3.63) is 108 Å². The molecule has 2 aliphatic rings. The van der Waals surface area contributed by atoms with E-state index in [-0.39, 0.29) is 24.2 Å². The van der Waals surface area contributed by atoms with E-state index in [1.807, 2.05) is 70.2 Å². The molecule has 0 N–H and O–H groups in total. The molecule has 206 valence electrons. The lowest BCUT2D eigenvalue weighted by molar-refractivity contribution is -0.0627. The molecule has 1 aliphatic heterocycles. The minimum Gasteiger partial charge on any atom is -0.446 e. The fourth-order valence-corrected chi connectivity index (χ4v) is 6.32. The zero-order valence-corrected chi connectivity index (χ0v) is 23.6. The summed E-state index contributed by atoms with van der Waals surface area (Å²) >= 11 is 0. The Morgan fingerprint density at radius 3 is 1.87 bits per heavy atom. The third-order valence-electron chi connectivity index (χ3n) is 8.09. The van der Waals surface area contributed by atoms with Crippen LogP contribution in [0, 0.1) is 5.92 Å². The highest BCUT2D eigenvalue weighted by molar-refractivity contribution is 5.70. The average molecular weight is 528 g/mol. The summed E-state index contributed by atoms with van der Waals surface area (Å²) in [5.74, 6) is -0.187. The quantitative estimate of drug-likeness (QED) is 0.314. The van der Waals surface area contributed by atoms with Crippen molar-refractivity contribution < 1.29 is 15.6 Å². The van der Waals surface area contributed by atoms with Crippen LogP contribution >= 0.6 is 0 Å². The molecule has 1 heterocycles. The summed E-state index contributed by atoms with van der Waals surface area (Å²) in [6, 6.07) is 31.1. The van der Waals surface area contributed by atoms with Crippen molar-refractivity contribution in [3.63, 3.8) is 0 Å². The molecular weight excluding hydrogens is 484 g/mol. The first-order valence-corrected chi connectivity index (χ1v) is 14.1. The first-order valence-electron chi connectivity index (χ1n) is 14.7. The molecule has 1 amide bonds. The Hall–Kier alpha value is -3.15. The monoisotopic (exact) mass is 527 g/mol. The fourth-order valence-electron chi connectivity index (χ4n) is 6.32. The van der Waals surface area contributed by atoms with Gasteiger partial charge in [-0.1, -0.05) is 91.0 Å². The summed E-state index contributed by atoms with van der Waals surface area (Å²) in [4.78, 5) is 18.0. The van der Waals surface area contributed by atoms with Gasteiger partial charge in [0, 0.05) is 26.4 Å². The lowest BCUT2D eigenvalue weighted by Gasteiger charge is -2.39. The summed E-state index contributed by atoms with van der Waals surface area (Å²) in [7, 11) is 0. The molecule has 1 saturated heterocycles. The molecule has 3 aromatic rings. The molecule has 5 nitrogen and oxygen atoms in total. The van der Waals surface area contributed by atoms with Gasteiger partial charge >= 0.3 is 6.09 Å². The number of rotatable bonds is 8. The highest BCUT2D eigenvalue weighted by Crippen LogP contribution is 2.40. The summed E-state index contributed by atoms with van der Waals surface area (Å²) in [6.45, 7) is 9.83. The van der Waals surface area contributed by atoms with Crippen LogP contribution in [0.4, 0.5) is 4.79 Å². The molecule has 0 unspecified atom stereocenters. The van der Waals surface area contributed by atoms with Gasteiger partial charge in [-0.05, 0) is 63.6 Å². The van der Waals surface area contributed by atoms with E-state index in [1.54, 1.807) is 4.90 Å². The standard InChI is InChI=1S/C34H42N2O3/c1-33(2)25-38-34(3,4)36(33)32(37)39-31-21-20-30(29(31)22-26-14-8-5-9-15-26)35(23-27-16-10-6-11-17-27)24-28-18-12-7-13-19-28/h5-19,29-31H,20-25H2,1-4H3/t29-,30+,31-/m1/s1/i22D/t22-,29+,30-,31+/m0. The predicted octanol–water partition coefficient (Wildman–Crippen LogP) is 7.06. The van der Waals surface area contributed by atoms with Crippen LogP contribution in [0.15, 0.2) is 91.0 Å². The SMILES string of the molecule is [2H][C@@H](c1ccccc1)[C@H]1[C@H](OC(=O)N2C(C)(C)COC2(C)C)CC[C@@H]1N(Cc1ccccc1)Cc1ccccc1. The van der Waals surface area contributed by atoms with Crippen LogP contribution in [-0.2, 0) is 29.0 Å². The van der Waals surface area contributed by atoms with Crippen molar-refractivity contribution in [1.82, 2.24) is 9.80 Å². The van der Waals surface area contributed by atoms with E-state index in [9.17, 15) is 6.17 Å². The van der Waals surface area contributed by atoms with Gasteiger partial charge in [0.1, 0.15) is 11.8 Å². The zero-order chi connectivity index (χ0) is 28.3. The molecule has 0 spiro atoms. The Kier molecular flexibility index (Phi) is 7.71. The van der Waals surface area contributed by atoms with Crippen LogP contribution in [0.3, 0.4) is 0 Å². The topological polar surface area (TPSA) is 42.0 Å². The van der Waals surface area contributed by atoms with Crippen LogP contribution in [0.5, 0.6) is 0 Å². The lowest BCUT2D eigenvalue weighted by Crippen LogP contribution is -2.54. The van der Waals surface area contributed by atoms with Crippen molar-refractivity contribution in [1.29, 1.82) is 0 Å². The van der Waals surface area contributed by atoms with Gasteiger partial charge < -0.3 is 9.47 Å². The van der Waals surface area contributed by atoms with Gasteiger partial charge in [0.05, 0.1) is 12.1 Å². The second-order valence-electron chi connectivity index (χ2n) is 12.0. The van der Waals surface area contributed by atoms with Crippen molar-refractivity contribution >= 4 is 6.09 Å². The van der Waals surface area contributed by atoms with Crippen molar-refractivity contribution in [3.8, 4) is 0 Å². The third-order valence-corrected chi connectivity index (χ3v) is 8.09. The number of hydrogen-bond donors (Lipinski definition) is 0. The number of hydrogen-bond acceptors (Lipinski definition) is 4. The van der Waals surface area contributed by atoms with Crippen LogP contribution < -0.4 is 0 Å². The van der Waals surface area contributed by atoms with E-state index in [2.05, 4.69) is 53.4 Å². The van der Waals surface area contributed by atoms with E-state index in [0.717, 1.165) is 31.5 Å². The molecule has 1 saturated carbocycles. The van der Waals surface area contributed by atoms with Gasteiger partial charge in [0.25, 0.3) is 0 Å². The molecule has 1 aliphatic carbocycles. The van der Waals surface area contributed by atoms with Crippen LogP contribution in [0.2, 0.25) is 0 Å². The molecule has 0 aromatic heterocycles. The third kappa shape index (κ3) is 6.37. The molecule has 39 heavy (non-hydrogen) atoms. The van der Waals surface area contributed by atoms with E-state index in [0.29, 0.717) is 6.61 Å². The van der Waals surface area contributed by atoms with E-state index in [4.69, 9.17) is 9.47 Å². The Morgan fingerprint density at radius 1 is 0.872 bits per heavy atom. The largest absolute Gasteiger partial charge is 0.446 e. The maximum absolute atomic E-state index is 13.7. The number of benzene rings is 3. The van der Waals surface area contributed by atoms with Crippen molar-refractivity contribution in [2.45, 2.75) is 83.4 Å². The summed E-state index contributed by atoms with van der Waals surface area (Å²) in [5, 5.41) is 0. The van der Waals surface area contributed by atoms with Gasteiger partial charge in [0.2, 0.25) is 0 Å². The predicted molar refractivity (Wildman–Crippen MR) is 155 cm³/mol. The molecule has 3 aromatic carbocycles. The van der Waals surface area contributed by atoms with Gasteiger partial charge in [-0.15, -0.1) is 0 Å².